The first-order valence-corrected chi connectivity index (χ1v) is 3.47. The fourth-order valence-electron chi connectivity index (χ4n) is 0.612. The molecule has 0 saturated heterocycles. The van der Waals surface area contributed by atoms with E-state index in [0.29, 0.717) is 13.1 Å². The third kappa shape index (κ3) is 4.33. The van der Waals surface area contributed by atoms with E-state index < -0.39 is 0 Å². The molecular formula is C7H15N3. The molecule has 0 heterocycles. The molecule has 3 N–H and O–H groups in total. The quantitative estimate of drug-likeness (QED) is 0.397. The maximum Gasteiger partial charge on any atom is 0.0739 e. The fraction of sp³-hybridized carbons (Fsp3) is 0.714. The molecule has 0 amide bonds. The average Bonchev–Trinajstić information content (AvgIpc) is 1.98. The predicted molar refractivity (Wildman–Crippen MR) is 43.1 cm³/mol. The van der Waals surface area contributed by atoms with E-state index in [-0.39, 0.29) is 0 Å². The zero-order valence-corrected chi connectivity index (χ0v) is 6.43. The first-order chi connectivity index (χ1) is 4.85. The van der Waals surface area contributed by atoms with Gasteiger partial charge in [0.25, 0.3) is 0 Å². The second kappa shape index (κ2) is 6.56. The fourth-order valence-corrected chi connectivity index (χ4v) is 0.612. The number of hydrogen-bond acceptors (Lipinski definition) is 3. The van der Waals surface area contributed by atoms with Crippen LogP contribution < -0.4 is 11.2 Å². The molecule has 10 heavy (non-hydrogen) atoms. The van der Waals surface area contributed by atoms with E-state index in [0.717, 1.165) is 13.1 Å². The molecule has 3 nitrogen and oxygen atoms in total. The van der Waals surface area contributed by atoms with Crippen molar-refractivity contribution in [2.45, 2.75) is 6.92 Å². The third-order valence-electron chi connectivity index (χ3n) is 1.14. The van der Waals surface area contributed by atoms with Crippen LogP contribution in [0.15, 0.2) is 0 Å². The van der Waals surface area contributed by atoms with E-state index in [1.165, 1.54) is 0 Å². The average molecular weight is 141 g/mol. The Labute approximate surface area is 62.5 Å². The van der Waals surface area contributed by atoms with E-state index in [1.807, 2.05) is 11.9 Å². The first-order valence-electron chi connectivity index (χ1n) is 3.47. The van der Waals surface area contributed by atoms with E-state index >= 15 is 0 Å². The van der Waals surface area contributed by atoms with Gasteiger partial charge in [-0.15, -0.1) is 6.42 Å². The van der Waals surface area contributed by atoms with Crippen molar-refractivity contribution in [3.63, 3.8) is 0 Å². The van der Waals surface area contributed by atoms with Gasteiger partial charge in [-0.25, -0.2) is 5.01 Å². The molecule has 58 valence electrons. The van der Waals surface area contributed by atoms with Gasteiger partial charge in [0.1, 0.15) is 0 Å². The number of terminal acetylenes is 1. The minimum atomic E-state index is 0.635. The van der Waals surface area contributed by atoms with E-state index in [2.05, 4.69) is 11.3 Å². The van der Waals surface area contributed by atoms with Crippen molar-refractivity contribution in [2.75, 3.05) is 26.2 Å². The van der Waals surface area contributed by atoms with Gasteiger partial charge in [-0.1, -0.05) is 12.8 Å². The van der Waals surface area contributed by atoms with Gasteiger partial charge < -0.3 is 5.73 Å². The summed E-state index contributed by atoms with van der Waals surface area (Å²) in [7, 11) is 0. The van der Waals surface area contributed by atoms with Gasteiger partial charge >= 0.3 is 0 Å². The number of nitrogens with zero attached hydrogens (tertiary/aromatic N) is 1. The molecule has 0 bridgehead atoms. The van der Waals surface area contributed by atoms with Crippen LogP contribution in [0.1, 0.15) is 6.92 Å². The molecule has 0 aliphatic rings. The van der Waals surface area contributed by atoms with Crippen molar-refractivity contribution in [3.05, 3.63) is 0 Å². The maximum absolute atomic E-state index is 5.29. The highest BCUT2D eigenvalue weighted by Crippen LogP contribution is 1.76. The Kier molecular flexibility index (Phi) is 6.19. The Morgan fingerprint density at radius 1 is 1.70 bits per heavy atom. The molecule has 0 rings (SSSR count). The molecule has 0 aromatic heterocycles. The van der Waals surface area contributed by atoms with Crippen molar-refractivity contribution in [2.24, 2.45) is 5.73 Å². The number of hydrogen-bond donors (Lipinski definition) is 2. The Morgan fingerprint density at radius 2 is 2.40 bits per heavy atom. The van der Waals surface area contributed by atoms with Gasteiger partial charge in [-0.2, -0.15) is 0 Å². The summed E-state index contributed by atoms with van der Waals surface area (Å²) in [5.41, 5.74) is 8.37. The highest BCUT2D eigenvalue weighted by Gasteiger charge is 1.94. The molecule has 0 fully saturated rings. The second-order valence-corrected chi connectivity index (χ2v) is 1.92. The number of rotatable bonds is 5. The van der Waals surface area contributed by atoms with Gasteiger partial charge in [0.15, 0.2) is 0 Å². The van der Waals surface area contributed by atoms with Crippen molar-refractivity contribution < 1.29 is 0 Å². The van der Waals surface area contributed by atoms with Crippen LogP contribution in [-0.4, -0.2) is 31.2 Å². The maximum atomic E-state index is 5.29. The second-order valence-electron chi connectivity index (χ2n) is 1.92. The largest absolute Gasteiger partial charge is 0.329 e. The van der Waals surface area contributed by atoms with Crippen LogP contribution in [0.4, 0.5) is 0 Å². The lowest BCUT2D eigenvalue weighted by molar-refractivity contribution is 0.228. The van der Waals surface area contributed by atoms with E-state index in [9.17, 15) is 0 Å². The summed E-state index contributed by atoms with van der Waals surface area (Å²) in [6, 6.07) is 0. The van der Waals surface area contributed by atoms with Crippen LogP contribution in [0.25, 0.3) is 0 Å². The van der Waals surface area contributed by atoms with Crippen LogP contribution in [0, 0.1) is 12.3 Å². The van der Waals surface area contributed by atoms with Crippen LogP contribution >= 0.6 is 0 Å². The summed E-state index contributed by atoms with van der Waals surface area (Å²) in [6.45, 7) is 5.01. The predicted octanol–water partition coefficient (Wildman–Crippen LogP) is -0.595. The number of nitrogens with two attached hydrogens (primary N) is 1. The van der Waals surface area contributed by atoms with Crippen LogP contribution in [0.2, 0.25) is 0 Å². The van der Waals surface area contributed by atoms with Crippen molar-refractivity contribution in [3.8, 4) is 12.3 Å². The zero-order chi connectivity index (χ0) is 7.82. The zero-order valence-electron chi connectivity index (χ0n) is 6.43. The lowest BCUT2D eigenvalue weighted by atomic mass is 10.6. The summed E-state index contributed by atoms with van der Waals surface area (Å²) in [6.07, 6.45) is 5.11. The molecule has 0 aromatic rings. The Balaban J connectivity index is 3.32. The molecule has 0 aromatic carbocycles. The van der Waals surface area contributed by atoms with E-state index in [1.54, 1.807) is 0 Å². The lowest BCUT2D eigenvalue weighted by Crippen LogP contribution is -2.40. The number of nitrogens with one attached hydrogen (secondary N) is 1. The molecular weight excluding hydrogens is 126 g/mol. The van der Waals surface area contributed by atoms with Crippen molar-refractivity contribution in [1.82, 2.24) is 10.4 Å². The molecule has 0 atom stereocenters. The van der Waals surface area contributed by atoms with Gasteiger partial charge in [0, 0.05) is 19.6 Å². The molecule has 0 radical (unpaired) electrons. The monoisotopic (exact) mass is 141 g/mol. The number of hydrazine groups is 1. The standard InChI is InChI=1S/C7H15N3/c1-3-7-10(4-2)9-6-5-8/h1,9H,4-8H2,2H3. The van der Waals surface area contributed by atoms with Gasteiger partial charge in [0.2, 0.25) is 0 Å². The van der Waals surface area contributed by atoms with Crippen LogP contribution in [-0.2, 0) is 0 Å². The smallest absolute Gasteiger partial charge is 0.0739 e. The molecule has 0 aliphatic carbocycles. The Morgan fingerprint density at radius 3 is 2.80 bits per heavy atom. The topological polar surface area (TPSA) is 41.3 Å². The summed E-state index contributed by atoms with van der Waals surface area (Å²) in [4.78, 5) is 0. The molecule has 0 aliphatic heterocycles. The summed E-state index contributed by atoms with van der Waals surface area (Å²) in [5, 5.41) is 1.95. The SMILES string of the molecule is C#CCN(CC)NCCN. The van der Waals surface area contributed by atoms with Crippen molar-refractivity contribution >= 4 is 0 Å². The van der Waals surface area contributed by atoms with Gasteiger partial charge in [0.05, 0.1) is 6.54 Å². The Bertz CT molecular complexity index is 106. The first kappa shape index (κ1) is 9.44. The summed E-state index contributed by atoms with van der Waals surface area (Å²) >= 11 is 0. The molecule has 0 unspecified atom stereocenters. The van der Waals surface area contributed by atoms with Gasteiger partial charge in [-0.3, -0.25) is 5.43 Å². The third-order valence-corrected chi connectivity index (χ3v) is 1.14. The Hall–Kier alpha value is -0.560. The molecule has 0 saturated carbocycles. The normalized spacial score (nSPS) is 9.80. The van der Waals surface area contributed by atoms with Crippen LogP contribution in [0.3, 0.4) is 0 Å². The highest BCUT2D eigenvalue weighted by atomic mass is 15.5. The molecule has 3 heteroatoms. The highest BCUT2D eigenvalue weighted by molar-refractivity contribution is 4.86. The van der Waals surface area contributed by atoms with Crippen LogP contribution in [0.5, 0.6) is 0 Å². The van der Waals surface area contributed by atoms with Crippen molar-refractivity contribution in [1.29, 1.82) is 0 Å². The minimum absolute atomic E-state index is 0.635. The lowest BCUT2D eigenvalue weighted by Gasteiger charge is -2.17. The summed E-state index contributed by atoms with van der Waals surface area (Å²) in [5.74, 6) is 2.55. The summed E-state index contributed by atoms with van der Waals surface area (Å²) < 4.78 is 0. The minimum Gasteiger partial charge on any atom is -0.329 e. The van der Waals surface area contributed by atoms with Gasteiger partial charge in [-0.05, 0) is 0 Å². The van der Waals surface area contributed by atoms with E-state index in [4.69, 9.17) is 12.2 Å². The molecule has 0 spiro atoms.